The highest BCUT2D eigenvalue weighted by molar-refractivity contribution is 5.87. The van der Waals surface area contributed by atoms with Gasteiger partial charge in [-0.15, -0.1) is 12.4 Å². The Morgan fingerprint density at radius 2 is 1.34 bits per heavy atom. The molecule has 2 aromatic rings. The molecule has 0 amide bonds. The van der Waals surface area contributed by atoms with Crippen LogP contribution in [0.15, 0.2) is 36.7 Å². The second-order valence-corrected chi connectivity index (χ2v) is 7.04. The summed E-state index contributed by atoms with van der Waals surface area (Å²) in [4.78, 5) is 41.3. The molecule has 0 radical (unpaired) electrons. The first kappa shape index (κ1) is 28.6. The lowest BCUT2D eigenvalue weighted by molar-refractivity contribution is -0.152. The number of anilines is 2. The lowest BCUT2D eigenvalue weighted by Gasteiger charge is -2.19. The number of rotatable bonds is 6. The Morgan fingerprint density at radius 1 is 0.875 bits per heavy atom. The highest BCUT2D eigenvalue weighted by atomic mass is 35.5. The van der Waals surface area contributed by atoms with Crippen LogP contribution in [-0.4, -0.2) is 61.3 Å². The van der Waals surface area contributed by atoms with Crippen molar-refractivity contribution in [1.29, 1.82) is 0 Å². The molecule has 2 aromatic heterocycles. The Bertz CT molecular complexity index is 867. The predicted molar refractivity (Wildman–Crippen MR) is 122 cm³/mol. The summed E-state index contributed by atoms with van der Waals surface area (Å²) in [5, 5.41) is 5.76. The third-order valence-corrected chi connectivity index (χ3v) is 3.46. The summed E-state index contributed by atoms with van der Waals surface area (Å²) in [6.07, 6.45) is 3.03. The summed E-state index contributed by atoms with van der Waals surface area (Å²) in [7, 11) is 4.41. The second kappa shape index (κ2) is 13.8. The first-order valence-corrected chi connectivity index (χ1v) is 9.31. The van der Waals surface area contributed by atoms with Crippen molar-refractivity contribution in [3.8, 4) is 0 Å². The van der Waals surface area contributed by atoms with Crippen LogP contribution in [0, 0.1) is 0 Å². The summed E-state index contributed by atoms with van der Waals surface area (Å²) in [6, 6.07) is 6.53. The van der Waals surface area contributed by atoms with E-state index in [9.17, 15) is 14.4 Å². The highest BCUT2D eigenvalue weighted by Crippen LogP contribution is 2.09. The van der Waals surface area contributed by atoms with Crippen LogP contribution in [0.1, 0.15) is 41.7 Å². The van der Waals surface area contributed by atoms with Gasteiger partial charge >= 0.3 is 17.9 Å². The summed E-state index contributed by atoms with van der Waals surface area (Å²) >= 11 is 0. The molecule has 2 N–H and O–H groups in total. The van der Waals surface area contributed by atoms with E-state index in [1.165, 1.54) is 26.5 Å². The number of hydrogen-bond acceptors (Lipinski definition) is 10. The van der Waals surface area contributed by atoms with E-state index in [1.54, 1.807) is 52.2 Å². The molecule has 32 heavy (non-hydrogen) atoms. The van der Waals surface area contributed by atoms with Crippen molar-refractivity contribution < 1.29 is 28.6 Å². The van der Waals surface area contributed by atoms with Crippen molar-refractivity contribution in [2.24, 2.45) is 0 Å². The zero-order valence-electron chi connectivity index (χ0n) is 18.9. The molecule has 0 aromatic carbocycles. The molecule has 2 rings (SSSR count). The molecule has 176 valence electrons. The minimum Gasteiger partial charge on any atom is -0.464 e. The zero-order chi connectivity index (χ0) is 23.4. The number of esters is 3. The van der Waals surface area contributed by atoms with Crippen LogP contribution in [-0.2, 0) is 19.0 Å². The maximum atomic E-state index is 11.5. The predicted octanol–water partition coefficient (Wildman–Crippen LogP) is 2.95. The first-order valence-electron chi connectivity index (χ1n) is 9.31. The second-order valence-electron chi connectivity index (χ2n) is 7.04. The van der Waals surface area contributed by atoms with E-state index < -0.39 is 17.5 Å². The maximum absolute atomic E-state index is 11.5. The molecule has 0 saturated heterocycles. The molecular formula is C21H29ClN4O6. The van der Waals surface area contributed by atoms with E-state index >= 15 is 0 Å². The minimum atomic E-state index is -0.508. The number of carbonyl (C=O) groups is 3. The van der Waals surface area contributed by atoms with Crippen molar-refractivity contribution in [2.45, 2.75) is 26.4 Å². The van der Waals surface area contributed by atoms with Crippen LogP contribution in [0.25, 0.3) is 0 Å². The smallest absolute Gasteiger partial charge is 0.356 e. The van der Waals surface area contributed by atoms with E-state index in [1.807, 2.05) is 0 Å². The van der Waals surface area contributed by atoms with Gasteiger partial charge in [0.2, 0.25) is 0 Å². The van der Waals surface area contributed by atoms with Gasteiger partial charge in [0.05, 0.1) is 38.0 Å². The summed E-state index contributed by atoms with van der Waals surface area (Å²) in [5.74, 6) is -1.28. The molecule has 11 heteroatoms. The van der Waals surface area contributed by atoms with Crippen LogP contribution >= 0.6 is 12.4 Å². The lowest BCUT2D eigenvalue weighted by Crippen LogP contribution is -2.28. The molecule has 10 nitrogen and oxygen atoms in total. The molecule has 0 bridgehead atoms. The van der Waals surface area contributed by atoms with E-state index in [0.717, 1.165) is 5.69 Å². The number of aromatic nitrogens is 2. The number of nitrogens with zero attached hydrogens (tertiary/aromatic N) is 2. The van der Waals surface area contributed by atoms with Crippen molar-refractivity contribution in [1.82, 2.24) is 9.97 Å². The van der Waals surface area contributed by atoms with Crippen molar-refractivity contribution in [3.63, 3.8) is 0 Å². The number of pyridine rings is 2. The Morgan fingerprint density at radius 3 is 1.69 bits per heavy atom. The third-order valence-electron chi connectivity index (χ3n) is 3.46. The van der Waals surface area contributed by atoms with Gasteiger partial charge in [0.1, 0.15) is 23.5 Å². The molecule has 0 atom stereocenters. The molecule has 0 saturated carbocycles. The number of hydrogen-bond donors (Lipinski definition) is 2. The van der Waals surface area contributed by atoms with E-state index in [4.69, 9.17) is 4.74 Å². The Labute approximate surface area is 193 Å². The lowest BCUT2D eigenvalue weighted by atomic mass is 10.2. The van der Waals surface area contributed by atoms with Crippen LogP contribution in [0.2, 0.25) is 0 Å². The van der Waals surface area contributed by atoms with Crippen LogP contribution < -0.4 is 10.6 Å². The first-order chi connectivity index (χ1) is 14.6. The highest BCUT2D eigenvalue weighted by Gasteiger charge is 2.16. The summed E-state index contributed by atoms with van der Waals surface area (Å²) in [5.41, 5.74) is 1.51. The molecular weight excluding hydrogens is 440 g/mol. The third kappa shape index (κ3) is 10.6. The van der Waals surface area contributed by atoms with Gasteiger partial charge in [-0.25, -0.2) is 19.6 Å². The molecule has 2 heterocycles. The van der Waals surface area contributed by atoms with Crippen molar-refractivity contribution in [3.05, 3.63) is 48.0 Å². The van der Waals surface area contributed by atoms with Gasteiger partial charge in [0.15, 0.2) is 0 Å². The number of ether oxygens (including phenoxy) is 3. The van der Waals surface area contributed by atoms with Gasteiger partial charge in [0.25, 0.3) is 0 Å². The fourth-order valence-electron chi connectivity index (χ4n) is 2.04. The normalized spacial score (nSPS) is 9.81. The zero-order valence-corrected chi connectivity index (χ0v) is 19.7. The number of methoxy groups -OCH3 is 2. The van der Waals surface area contributed by atoms with E-state index in [-0.39, 0.29) is 30.6 Å². The quantitative estimate of drug-likeness (QED) is 0.482. The van der Waals surface area contributed by atoms with Gasteiger partial charge in [-0.05, 0) is 45.0 Å². The number of halogens is 1. The van der Waals surface area contributed by atoms with Gasteiger partial charge < -0.3 is 24.8 Å². The van der Waals surface area contributed by atoms with Crippen LogP contribution in [0.4, 0.5) is 11.4 Å². The summed E-state index contributed by atoms with van der Waals surface area (Å²) in [6.45, 7) is 5.45. The largest absolute Gasteiger partial charge is 0.464 e. The van der Waals surface area contributed by atoms with E-state index in [0.29, 0.717) is 11.4 Å². The average molecular weight is 469 g/mol. The van der Waals surface area contributed by atoms with Gasteiger partial charge in [-0.3, -0.25) is 4.79 Å². The molecule has 0 aliphatic heterocycles. The Balaban J connectivity index is 0.000000639. The van der Waals surface area contributed by atoms with Crippen LogP contribution in [0.3, 0.4) is 0 Å². The van der Waals surface area contributed by atoms with Crippen molar-refractivity contribution >= 4 is 41.7 Å². The van der Waals surface area contributed by atoms with E-state index in [2.05, 4.69) is 30.1 Å². The molecule has 0 aliphatic rings. The minimum absolute atomic E-state index is 0. The SMILES string of the molecule is CNc1ccc(C(=O)OC)nc1.COC(=O)c1ccc(NCC(=O)OC(C)(C)C)cn1.Cl. The van der Waals surface area contributed by atoms with Crippen LogP contribution in [0.5, 0.6) is 0 Å². The monoisotopic (exact) mass is 468 g/mol. The molecule has 0 unspecified atom stereocenters. The number of carbonyl (C=O) groups excluding carboxylic acids is 3. The topological polar surface area (TPSA) is 129 Å². The Kier molecular flexibility index (Phi) is 12.3. The molecule has 0 spiro atoms. The summed E-state index contributed by atoms with van der Waals surface area (Å²) < 4.78 is 14.2. The van der Waals surface area contributed by atoms with Crippen molar-refractivity contribution in [2.75, 3.05) is 38.4 Å². The van der Waals surface area contributed by atoms with Gasteiger partial charge in [-0.1, -0.05) is 0 Å². The maximum Gasteiger partial charge on any atom is 0.356 e. The number of nitrogens with one attached hydrogen (secondary N) is 2. The average Bonchev–Trinajstić information content (AvgIpc) is 2.76. The fourth-order valence-corrected chi connectivity index (χ4v) is 2.04. The van der Waals surface area contributed by atoms with Gasteiger partial charge in [0, 0.05) is 7.05 Å². The standard InChI is InChI=1S/C13H18N2O4.C8H10N2O2.ClH/c1-13(2,3)19-11(16)8-14-9-5-6-10(15-7-9)12(17)18-4;1-9-6-3-4-7(10-5-6)8(11)12-2;/h5-7,14H,8H2,1-4H3;3-5,9H,1-2H3;1H. The fraction of sp³-hybridized carbons (Fsp3) is 0.381. The van der Waals surface area contributed by atoms with Gasteiger partial charge in [-0.2, -0.15) is 0 Å². The Hall–Kier alpha value is -3.40. The molecule has 0 fully saturated rings. The molecule has 0 aliphatic carbocycles.